The molecular formula is C20H22FN3O. The zero-order valence-corrected chi connectivity index (χ0v) is 14.0. The van der Waals surface area contributed by atoms with E-state index in [-0.39, 0.29) is 17.9 Å². The Balaban J connectivity index is 1.95. The van der Waals surface area contributed by atoms with Gasteiger partial charge in [0.1, 0.15) is 5.82 Å². The van der Waals surface area contributed by atoms with Crippen molar-refractivity contribution < 1.29 is 9.18 Å². The lowest BCUT2D eigenvalue weighted by atomic mass is 9.88. The number of carbonyl (C=O) groups is 1. The Morgan fingerprint density at radius 3 is 2.68 bits per heavy atom. The Labute approximate surface area is 147 Å². The molecule has 0 saturated carbocycles. The highest BCUT2D eigenvalue weighted by atomic mass is 19.1. The molecule has 0 aliphatic carbocycles. The Bertz CT molecular complexity index is 773. The molecule has 3 N–H and O–H groups in total. The summed E-state index contributed by atoms with van der Waals surface area (Å²) in [6, 6.07) is 13.9. The molecule has 0 spiro atoms. The second-order valence-electron chi connectivity index (χ2n) is 6.17. The Kier molecular flexibility index (Phi) is 5.14. The molecule has 1 aliphatic rings. The van der Waals surface area contributed by atoms with Crippen molar-refractivity contribution in [1.82, 2.24) is 10.2 Å². The fraction of sp³-hybridized carbons (Fsp3) is 0.250. The largest absolute Gasteiger partial charge is 0.330 e. The summed E-state index contributed by atoms with van der Waals surface area (Å²) in [5.41, 5.74) is 9.28. The van der Waals surface area contributed by atoms with E-state index in [1.807, 2.05) is 18.2 Å². The molecule has 4 nitrogen and oxygen atoms in total. The molecule has 0 fully saturated rings. The highest BCUT2D eigenvalue weighted by Crippen LogP contribution is 2.35. The first-order valence-electron chi connectivity index (χ1n) is 8.39. The minimum absolute atomic E-state index is 0.206. The summed E-state index contributed by atoms with van der Waals surface area (Å²) in [7, 11) is 0. The Morgan fingerprint density at radius 1 is 1.24 bits per heavy atom. The van der Waals surface area contributed by atoms with Gasteiger partial charge in [-0.1, -0.05) is 43.0 Å². The van der Waals surface area contributed by atoms with Crippen LogP contribution in [0.15, 0.2) is 60.8 Å². The van der Waals surface area contributed by atoms with Crippen LogP contribution in [0.1, 0.15) is 29.2 Å². The van der Waals surface area contributed by atoms with E-state index in [0.717, 1.165) is 17.5 Å². The van der Waals surface area contributed by atoms with Gasteiger partial charge in [0.15, 0.2) is 0 Å². The number of rotatable bonds is 4. The van der Waals surface area contributed by atoms with Crippen LogP contribution in [0.2, 0.25) is 0 Å². The van der Waals surface area contributed by atoms with Crippen molar-refractivity contribution in [3.63, 3.8) is 0 Å². The van der Waals surface area contributed by atoms with Crippen LogP contribution in [0.25, 0.3) is 0 Å². The van der Waals surface area contributed by atoms with E-state index in [9.17, 15) is 9.18 Å². The molecule has 3 rings (SSSR count). The number of benzene rings is 2. The van der Waals surface area contributed by atoms with Gasteiger partial charge in [0, 0.05) is 12.2 Å². The van der Waals surface area contributed by atoms with E-state index in [2.05, 4.69) is 18.0 Å². The number of halogens is 1. The van der Waals surface area contributed by atoms with E-state index in [1.54, 1.807) is 17.0 Å². The molecule has 1 heterocycles. The van der Waals surface area contributed by atoms with Crippen LogP contribution < -0.4 is 11.1 Å². The third-order valence-electron chi connectivity index (χ3n) is 4.46. The maximum Gasteiger partial charge on any atom is 0.322 e. The molecule has 2 amide bonds. The van der Waals surface area contributed by atoms with E-state index in [1.165, 1.54) is 17.7 Å². The SMILES string of the molecule is C=C(CCN)NC(=O)N1CCc2ccccc2[C@H]1c1ccc(F)cc1. The molecule has 25 heavy (non-hydrogen) atoms. The van der Waals surface area contributed by atoms with Crippen LogP contribution in [0, 0.1) is 5.82 Å². The quantitative estimate of drug-likeness (QED) is 0.897. The molecule has 0 saturated heterocycles. The number of nitrogens with zero attached hydrogens (tertiary/aromatic N) is 1. The summed E-state index contributed by atoms with van der Waals surface area (Å²) in [4.78, 5) is 14.6. The topological polar surface area (TPSA) is 58.4 Å². The van der Waals surface area contributed by atoms with Crippen molar-refractivity contribution in [2.24, 2.45) is 5.73 Å². The molecule has 1 atom stereocenters. The maximum atomic E-state index is 13.3. The average molecular weight is 339 g/mol. The third-order valence-corrected chi connectivity index (χ3v) is 4.46. The van der Waals surface area contributed by atoms with E-state index in [0.29, 0.717) is 25.2 Å². The predicted molar refractivity (Wildman–Crippen MR) is 96.4 cm³/mol. The van der Waals surface area contributed by atoms with E-state index in [4.69, 9.17) is 5.73 Å². The van der Waals surface area contributed by atoms with Gasteiger partial charge in [-0.15, -0.1) is 0 Å². The molecule has 0 radical (unpaired) electrons. The minimum atomic E-state index is -0.292. The first kappa shape index (κ1) is 17.2. The zero-order chi connectivity index (χ0) is 17.8. The number of carbonyl (C=O) groups excluding carboxylic acids is 1. The monoisotopic (exact) mass is 339 g/mol. The summed E-state index contributed by atoms with van der Waals surface area (Å²) >= 11 is 0. The van der Waals surface area contributed by atoms with E-state index < -0.39 is 0 Å². The molecule has 1 aliphatic heterocycles. The van der Waals surface area contributed by atoms with Crippen LogP contribution in [0.4, 0.5) is 9.18 Å². The van der Waals surface area contributed by atoms with Gasteiger partial charge in [-0.05, 0) is 48.2 Å². The first-order chi connectivity index (χ1) is 12.1. The van der Waals surface area contributed by atoms with Crippen molar-refractivity contribution in [1.29, 1.82) is 0 Å². The fourth-order valence-corrected chi connectivity index (χ4v) is 3.25. The van der Waals surface area contributed by atoms with Crippen LogP contribution in [0.3, 0.4) is 0 Å². The minimum Gasteiger partial charge on any atom is -0.330 e. The van der Waals surface area contributed by atoms with Crippen molar-refractivity contribution in [2.45, 2.75) is 18.9 Å². The van der Waals surface area contributed by atoms with Gasteiger partial charge < -0.3 is 16.0 Å². The molecular weight excluding hydrogens is 317 g/mol. The Hall–Kier alpha value is -2.66. The molecule has 2 aromatic carbocycles. The number of hydrogen-bond acceptors (Lipinski definition) is 2. The smallest absolute Gasteiger partial charge is 0.322 e. The highest BCUT2D eigenvalue weighted by Gasteiger charge is 2.32. The van der Waals surface area contributed by atoms with Gasteiger partial charge in [-0.3, -0.25) is 0 Å². The maximum absolute atomic E-state index is 13.3. The van der Waals surface area contributed by atoms with Crippen LogP contribution in [-0.2, 0) is 6.42 Å². The van der Waals surface area contributed by atoms with Crippen LogP contribution in [-0.4, -0.2) is 24.0 Å². The second kappa shape index (κ2) is 7.49. The van der Waals surface area contributed by atoms with Gasteiger partial charge in [0.05, 0.1) is 6.04 Å². The summed E-state index contributed by atoms with van der Waals surface area (Å²) in [5, 5.41) is 2.83. The average Bonchev–Trinajstić information content (AvgIpc) is 2.61. The summed E-state index contributed by atoms with van der Waals surface area (Å²) < 4.78 is 13.3. The normalized spacial score (nSPS) is 16.2. The summed E-state index contributed by atoms with van der Waals surface area (Å²) in [6.07, 6.45) is 1.32. The number of fused-ring (bicyclic) bond motifs is 1. The fourth-order valence-electron chi connectivity index (χ4n) is 3.25. The van der Waals surface area contributed by atoms with Crippen LogP contribution in [0.5, 0.6) is 0 Å². The number of hydrogen-bond donors (Lipinski definition) is 2. The van der Waals surface area contributed by atoms with E-state index >= 15 is 0 Å². The molecule has 0 aromatic heterocycles. The highest BCUT2D eigenvalue weighted by molar-refractivity contribution is 5.77. The van der Waals surface area contributed by atoms with Gasteiger partial charge in [-0.25, -0.2) is 9.18 Å². The number of amides is 2. The van der Waals surface area contributed by atoms with Crippen molar-refractivity contribution in [3.8, 4) is 0 Å². The lowest BCUT2D eigenvalue weighted by Crippen LogP contribution is -2.45. The lowest BCUT2D eigenvalue weighted by Gasteiger charge is -2.37. The summed E-state index contributed by atoms with van der Waals surface area (Å²) in [6.45, 7) is 4.86. The number of nitrogens with two attached hydrogens (primary N) is 1. The van der Waals surface area contributed by atoms with Gasteiger partial charge >= 0.3 is 6.03 Å². The molecule has 0 unspecified atom stereocenters. The molecule has 2 aromatic rings. The lowest BCUT2D eigenvalue weighted by molar-refractivity contribution is 0.182. The molecule has 130 valence electrons. The number of nitrogens with one attached hydrogen (secondary N) is 1. The van der Waals surface area contributed by atoms with Crippen molar-refractivity contribution in [2.75, 3.05) is 13.1 Å². The zero-order valence-electron chi connectivity index (χ0n) is 14.0. The van der Waals surface area contributed by atoms with Gasteiger partial charge in [-0.2, -0.15) is 0 Å². The number of urea groups is 1. The van der Waals surface area contributed by atoms with Crippen LogP contribution >= 0.6 is 0 Å². The predicted octanol–water partition coefficient (Wildman–Crippen LogP) is 3.35. The van der Waals surface area contributed by atoms with Gasteiger partial charge in [0.25, 0.3) is 0 Å². The first-order valence-corrected chi connectivity index (χ1v) is 8.39. The Morgan fingerprint density at radius 2 is 1.96 bits per heavy atom. The molecule has 0 bridgehead atoms. The summed E-state index contributed by atoms with van der Waals surface area (Å²) in [5.74, 6) is -0.292. The standard InChI is InChI=1S/C20H22FN3O/c1-14(10-12-22)23-20(25)24-13-11-15-4-2-3-5-18(15)19(24)16-6-8-17(21)9-7-16/h2-9,19H,1,10-13,22H2,(H,23,25)/t19-/m1/s1. The van der Waals surface area contributed by atoms with Crippen molar-refractivity contribution >= 4 is 6.03 Å². The third kappa shape index (κ3) is 3.72. The molecule has 5 heteroatoms. The van der Waals surface area contributed by atoms with Gasteiger partial charge in [0.2, 0.25) is 0 Å². The second-order valence-corrected chi connectivity index (χ2v) is 6.17. The van der Waals surface area contributed by atoms with Crippen molar-refractivity contribution in [3.05, 3.63) is 83.3 Å².